The third kappa shape index (κ3) is 4.00. The van der Waals surface area contributed by atoms with E-state index in [0.29, 0.717) is 31.1 Å². The van der Waals surface area contributed by atoms with Crippen molar-refractivity contribution in [2.75, 3.05) is 19.6 Å². The zero-order chi connectivity index (χ0) is 18.7. The molecule has 3 amide bonds. The number of benzene rings is 1. The largest absolute Gasteiger partial charge is 0.352 e. The third-order valence-corrected chi connectivity index (χ3v) is 5.51. The minimum Gasteiger partial charge on any atom is -0.352 e. The van der Waals surface area contributed by atoms with Crippen LogP contribution in [0.2, 0.25) is 0 Å². The zero-order valence-corrected chi connectivity index (χ0v) is 15.6. The van der Waals surface area contributed by atoms with Crippen molar-refractivity contribution in [3.63, 3.8) is 0 Å². The van der Waals surface area contributed by atoms with Crippen molar-refractivity contribution >= 4 is 11.9 Å². The summed E-state index contributed by atoms with van der Waals surface area (Å²) >= 11 is 0. The lowest BCUT2D eigenvalue weighted by Crippen LogP contribution is -2.56. The fourth-order valence-corrected chi connectivity index (χ4v) is 4.25. The van der Waals surface area contributed by atoms with Gasteiger partial charge < -0.3 is 15.5 Å². The number of rotatable bonds is 5. The van der Waals surface area contributed by atoms with Crippen LogP contribution in [0.5, 0.6) is 0 Å². The van der Waals surface area contributed by atoms with Crippen molar-refractivity contribution in [1.29, 1.82) is 0 Å². The number of amides is 3. The number of carbonyl (C=O) groups excluding carboxylic acids is 2. The number of nitrogens with one attached hydrogen (secondary N) is 2. The Bertz CT molecular complexity index is 673. The highest BCUT2D eigenvalue weighted by molar-refractivity contribution is 5.89. The van der Waals surface area contributed by atoms with E-state index in [-0.39, 0.29) is 17.4 Å². The molecular weight excluding hydrogens is 333 g/mol. The van der Waals surface area contributed by atoms with Crippen LogP contribution in [-0.4, -0.2) is 36.5 Å². The van der Waals surface area contributed by atoms with E-state index in [0.717, 1.165) is 19.3 Å². The molecule has 1 aliphatic carbocycles. The predicted molar refractivity (Wildman–Crippen MR) is 98.0 cm³/mol. The second-order valence-electron chi connectivity index (χ2n) is 8.05. The van der Waals surface area contributed by atoms with Crippen LogP contribution in [0.15, 0.2) is 24.3 Å². The standard InChI is InChI=1S/C20H28FN3O2/c1-14(2)12-20(7-4-8-20)13-23-19(26)24-10-9-22-18(25)17(24)15-5-3-6-16(21)11-15/h3,5-6,11,14,17H,4,7-10,12-13H2,1-2H3,(H,22,25)(H,23,26). The van der Waals surface area contributed by atoms with Gasteiger partial charge in [0.2, 0.25) is 5.91 Å². The molecule has 1 saturated heterocycles. The Morgan fingerprint density at radius 2 is 2.19 bits per heavy atom. The van der Waals surface area contributed by atoms with Gasteiger partial charge in [-0.1, -0.05) is 32.4 Å². The predicted octanol–water partition coefficient (Wildman–Crippen LogP) is 3.22. The van der Waals surface area contributed by atoms with E-state index in [9.17, 15) is 14.0 Å². The van der Waals surface area contributed by atoms with Crippen LogP contribution in [0.3, 0.4) is 0 Å². The van der Waals surface area contributed by atoms with E-state index in [4.69, 9.17) is 0 Å². The Balaban J connectivity index is 1.71. The van der Waals surface area contributed by atoms with Crippen molar-refractivity contribution in [2.24, 2.45) is 11.3 Å². The smallest absolute Gasteiger partial charge is 0.318 e. The minimum atomic E-state index is -0.790. The van der Waals surface area contributed by atoms with Gasteiger partial charge in [-0.3, -0.25) is 4.79 Å². The summed E-state index contributed by atoms with van der Waals surface area (Å²) in [6.45, 7) is 5.87. The average Bonchev–Trinajstić information content (AvgIpc) is 2.56. The second-order valence-corrected chi connectivity index (χ2v) is 8.05. The maximum Gasteiger partial charge on any atom is 0.318 e. The molecule has 142 valence electrons. The molecule has 3 rings (SSSR count). The highest BCUT2D eigenvalue weighted by atomic mass is 19.1. The number of halogens is 1. The summed E-state index contributed by atoms with van der Waals surface area (Å²) in [5.74, 6) is -0.0860. The lowest BCUT2D eigenvalue weighted by atomic mass is 9.64. The van der Waals surface area contributed by atoms with E-state index >= 15 is 0 Å². The normalized spacial score (nSPS) is 21.9. The fraction of sp³-hybridized carbons (Fsp3) is 0.600. The second kappa shape index (κ2) is 7.64. The van der Waals surface area contributed by atoms with Crippen LogP contribution in [0.25, 0.3) is 0 Å². The maximum atomic E-state index is 13.6. The zero-order valence-electron chi connectivity index (χ0n) is 15.6. The molecule has 0 aromatic heterocycles. The first-order valence-electron chi connectivity index (χ1n) is 9.48. The van der Waals surface area contributed by atoms with Crippen LogP contribution in [0.1, 0.15) is 51.1 Å². The Labute approximate surface area is 154 Å². The van der Waals surface area contributed by atoms with Gasteiger partial charge in [0.25, 0.3) is 0 Å². The van der Waals surface area contributed by atoms with Crippen molar-refractivity contribution in [2.45, 2.75) is 45.6 Å². The maximum absolute atomic E-state index is 13.6. The molecule has 1 aliphatic heterocycles. The number of nitrogens with zero attached hydrogens (tertiary/aromatic N) is 1. The van der Waals surface area contributed by atoms with Gasteiger partial charge in [0, 0.05) is 19.6 Å². The molecule has 0 radical (unpaired) electrons. The summed E-state index contributed by atoms with van der Waals surface area (Å²) in [7, 11) is 0. The molecule has 0 spiro atoms. The third-order valence-electron chi connectivity index (χ3n) is 5.51. The van der Waals surface area contributed by atoms with Gasteiger partial charge in [-0.2, -0.15) is 0 Å². The molecule has 2 N–H and O–H groups in total. The van der Waals surface area contributed by atoms with Crippen LogP contribution < -0.4 is 10.6 Å². The van der Waals surface area contributed by atoms with Gasteiger partial charge in [-0.25, -0.2) is 9.18 Å². The summed E-state index contributed by atoms with van der Waals surface area (Å²) < 4.78 is 13.6. The highest BCUT2D eigenvalue weighted by Crippen LogP contribution is 2.45. The first-order chi connectivity index (χ1) is 12.4. The molecule has 26 heavy (non-hydrogen) atoms. The van der Waals surface area contributed by atoms with Crippen molar-refractivity contribution in [1.82, 2.24) is 15.5 Å². The summed E-state index contributed by atoms with van der Waals surface area (Å²) in [6.07, 6.45) is 4.58. The van der Waals surface area contributed by atoms with Gasteiger partial charge in [0.05, 0.1) is 0 Å². The lowest BCUT2D eigenvalue weighted by molar-refractivity contribution is -0.127. The quantitative estimate of drug-likeness (QED) is 0.846. The molecule has 6 heteroatoms. The number of hydrogen-bond donors (Lipinski definition) is 2. The molecule has 1 atom stereocenters. The highest BCUT2D eigenvalue weighted by Gasteiger charge is 2.39. The van der Waals surface area contributed by atoms with Gasteiger partial charge in [0.15, 0.2) is 0 Å². The number of piperazine rings is 1. The van der Waals surface area contributed by atoms with Crippen LogP contribution in [-0.2, 0) is 4.79 Å². The van der Waals surface area contributed by atoms with E-state index in [1.54, 1.807) is 12.1 Å². The van der Waals surface area contributed by atoms with Gasteiger partial charge >= 0.3 is 6.03 Å². The van der Waals surface area contributed by atoms with Gasteiger partial charge in [-0.15, -0.1) is 0 Å². The topological polar surface area (TPSA) is 61.4 Å². The van der Waals surface area contributed by atoms with Crippen molar-refractivity contribution < 1.29 is 14.0 Å². The van der Waals surface area contributed by atoms with E-state index in [1.807, 2.05) is 0 Å². The number of carbonyl (C=O) groups is 2. The van der Waals surface area contributed by atoms with Crippen LogP contribution >= 0.6 is 0 Å². The molecule has 1 aromatic carbocycles. The number of hydrogen-bond acceptors (Lipinski definition) is 2. The monoisotopic (exact) mass is 361 g/mol. The Morgan fingerprint density at radius 3 is 2.81 bits per heavy atom. The molecule has 5 nitrogen and oxygen atoms in total. The van der Waals surface area contributed by atoms with Crippen LogP contribution in [0.4, 0.5) is 9.18 Å². The first kappa shape index (κ1) is 18.7. The molecular formula is C20H28FN3O2. The summed E-state index contributed by atoms with van der Waals surface area (Å²) in [5, 5.41) is 5.82. The average molecular weight is 361 g/mol. The molecule has 1 saturated carbocycles. The van der Waals surface area contributed by atoms with E-state index in [1.165, 1.54) is 23.5 Å². The summed E-state index contributed by atoms with van der Waals surface area (Å²) in [4.78, 5) is 26.7. The van der Waals surface area contributed by atoms with E-state index < -0.39 is 11.9 Å². The van der Waals surface area contributed by atoms with Gasteiger partial charge in [0.1, 0.15) is 11.9 Å². The first-order valence-corrected chi connectivity index (χ1v) is 9.48. The van der Waals surface area contributed by atoms with E-state index in [2.05, 4.69) is 24.5 Å². The molecule has 2 fully saturated rings. The SMILES string of the molecule is CC(C)CC1(CNC(=O)N2CCNC(=O)C2c2cccc(F)c2)CCC1. The van der Waals surface area contributed by atoms with Crippen LogP contribution in [0, 0.1) is 17.2 Å². The summed E-state index contributed by atoms with van der Waals surface area (Å²) in [5.41, 5.74) is 0.689. The molecule has 0 bridgehead atoms. The molecule has 2 aliphatic rings. The minimum absolute atomic E-state index is 0.191. The molecule has 1 unspecified atom stereocenters. The van der Waals surface area contributed by atoms with Crippen molar-refractivity contribution in [3.8, 4) is 0 Å². The van der Waals surface area contributed by atoms with Crippen molar-refractivity contribution in [3.05, 3.63) is 35.6 Å². The molecule has 1 aromatic rings. The lowest BCUT2D eigenvalue weighted by Gasteiger charge is -2.44. The fourth-order valence-electron chi connectivity index (χ4n) is 4.25. The summed E-state index contributed by atoms with van der Waals surface area (Å²) in [6, 6.07) is 4.87. The Morgan fingerprint density at radius 1 is 1.42 bits per heavy atom. The van der Waals surface area contributed by atoms with Gasteiger partial charge in [-0.05, 0) is 48.3 Å². The molecule has 1 heterocycles. The Hall–Kier alpha value is -2.11. The Kier molecular flexibility index (Phi) is 5.49. The number of urea groups is 1.